The zero-order chi connectivity index (χ0) is 20.5. The van der Waals surface area contributed by atoms with Crippen LogP contribution in [0.3, 0.4) is 0 Å². The number of nitrogens with one attached hydrogen (secondary N) is 1. The number of nitrogens with zero attached hydrogens (tertiary/aromatic N) is 1. The van der Waals surface area contributed by atoms with Crippen molar-refractivity contribution in [2.24, 2.45) is 0 Å². The predicted octanol–water partition coefficient (Wildman–Crippen LogP) is 6.39. The molecule has 0 aliphatic carbocycles. The van der Waals surface area contributed by atoms with Gasteiger partial charge in [-0.25, -0.2) is 4.98 Å². The molecule has 1 N–H and O–H groups in total. The number of hydrogen-bond acceptors (Lipinski definition) is 3. The van der Waals surface area contributed by atoms with E-state index in [0.29, 0.717) is 6.42 Å². The van der Waals surface area contributed by atoms with Crippen LogP contribution in [-0.2, 0) is 6.42 Å². The summed E-state index contributed by atoms with van der Waals surface area (Å²) in [6.07, 6.45) is 0.652. The molecule has 5 rings (SSSR count). The van der Waals surface area contributed by atoms with E-state index in [1.807, 2.05) is 42.5 Å². The number of para-hydroxylation sites is 1. The van der Waals surface area contributed by atoms with Crippen LogP contribution in [0.25, 0.3) is 33.6 Å². The maximum Gasteiger partial charge on any atom is 0.118 e. The highest BCUT2D eigenvalue weighted by Crippen LogP contribution is 2.39. The largest absolute Gasteiger partial charge is 0.497 e. The predicted molar refractivity (Wildman–Crippen MR) is 127 cm³/mol. The first kappa shape index (κ1) is 18.5. The third-order valence-electron chi connectivity index (χ3n) is 5.39. The molecule has 0 unspecified atom stereocenters. The normalized spacial score (nSPS) is 12.4. The number of anilines is 1. The van der Waals surface area contributed by atoms with Crippen LogP contribution in [0, 0.1) is 0 Å². The van der Waals surface area contributed by atoms with Gasteiger partial charge in [0.25, 0.3) is 0 Å². The molecule has 0 radical (unpaired) electrons. The zero-order valence-corrected chi connectivity index (χ0v) is 17.4. The van der Waals surface area contributed by atoms with Gasteiger partial charge in [-0.3, -0.25) is 0 Å². The lowest BCUT2D eigenvalue weighted by molar-refractivity contribution is 0.415. The molecule has 1 aliphatic rings. The number of fused-ring (bicyclic) bond motifs is 3. The average Bonchev–Trinajstić information content (AvgIpc) is 2.94. The minimum Gasteiger partial charge on any atom is -0.497 e. The Labute approximate surface area is 181 Å². The molecule has 3 nitrogen and oxygen atoms in total. The van der Waals surface area contributed by atoms with Crippen LogP contribution >= 0.6 is 12.2 Å². The molecule has 3 aromatic carbocycles. The van der Waals surface area contributed by atoms with Crippen LogP contribution in [0.15, 0.2) is 84.9 Å². The number of benzene rings is 3. The minimum absolute atomic E-state index is 0.652. The first-order valence-electron chi connectivity index (χ1n) is 9.86. The molecule has 1 aromatic heterocycles. The first-order chi connectivity index (χ1) is 14.7. The Kier molecular flexibility index (Phi) is 4.77. The second-order valence-electron chi connectivity index (χ2n) is 7.25. The highest BCUT2D eigenvalue weighted by atomic mass is 32.1. The SMILES string of the molecule is COc1ccc(-c2cc(-c3ccccc3)c3c(n2)-c2ccccc2NC(=S)C3)cc1. The summed E-state index contributed by atoms with van der Waals surface area (Å²) in [6.45, 7) is 0. The lowest BCUT2D eigenvalue weighted by atomic mass is 9.92. The van der Waals surface area contributed by atoms with Crippen LogP contribution in [0.2, 0.25) is 0 Å². The Hall–Kier alpha value is -3.50. The van der Waals surface area contributed by atoms with Crippen molar-refractivity contribution < 1.29 is 4.74 Å². The smallest absolute Gasteiger partial charge is 0.118 e. The molecule has 0 saturated heterocycles. The van der Waals surface area contributed by atoms with E-state index in [-0.39, 0.29) is 0 Å². The van der Waals surface area contributed by atoms with E-state index in [9.17, 15) is 0 Å². The molecule has 0 spiro atoms. The van der Waals surface area contributed by atoms with E-state index < -0.39 is 0 Å². The van der Waals surface area contributed by atoms with Crippen LogP contribution in [0.4, 0.5) is 5.69 Å². The number of methoxy groups -OCH3 is 1. The van der Waals surface area contributed by atoms with Crippen molar-refractivity contribution in [1.82, 2.24) is 4.98 Å². The first-order valence-corrected chi connectivity index (χ1v) is 10.3. The van der Waals surface area contributed by atoms with Crippen LogP contribution < -0.4 is 10.1 Å². The summed E-state index contributed by atoms with van der Waals surface area (Å²) in [5.41, 5.74) is 8.50. The van der Waals surface area contributed by atoms with Crippen molar-refractivity contribution in [1.29, 1.82) is 0 Å². The van der Waals surface area contributed by atoms with Gasteiger partial charge < -0.3 is 10.1 Å². The van der Waals surface area contributed by atoms with Gasteiger partial charge in [0, 0.05) is 23.2 Å². The fourth-order valence-electron chi connectivity index (χ4n) is 3.91. The van der Waals surface area contributed by atoms with Gasteiger partial charge >= 0.3 is 0 Å². The van der Waals surface area contributed by atoms with Gasteiger partial charge in [0.15, 0.2) is 0 Å². The molecule has 0 amide bonds. The number of rotatable bonds is 3. The Morgan fingerprint density at radius 3 is 2.33 bits per heavy atom. The monoisotopic (exact) mass is 408 g/mol. The molecule has 0 atom stereocenters. The fraction of sp³-hybridized carbons (Fsp3) is 0.0769. The highest BCUT2D eigenvalue weighted by molar-refractivity contribution is 7.80. The van der Waals surface area contributed by atoms with Gasteiger partial charge in [-0.1, -0.05) is 60.7 Å². The molecule has 4 heteroatoms. The maximum absolute atomic E-state index is 5.66. The van der Waals surface area contributed by atoms with Crippen molar-refractivity contribution in [3.05, 3.63) is 90.5 Å². The van der Waals surface area contributed by atoms with Crippen molar-refractivity contribution in [2.45, 2.75) is 6.42 Å². The summed E-state index contributed by atoms with van der Waals surface area (Å²) in [5.74, 6) is 0.830. The third-order valence-corrected chi connectivity index (χ3v) is 5.63. The van der Waals surface area contributed by atoms with Gasteiger partial charge in [0.05, 0.1) is 23.5 Å². The van der Waals surface area contributed by atoms with Crippen molar-refractivity contribution in [3.8, 4) is 39.4 Å². The van der Waals surface area contributed by atoms with Crippen molar-refractivity contribution in [3.63, 3.8) is 0 Å². The Morgan fingerprint density at radius 2 is 1.57 bits per heavy atom. The molecule has 146 valence electrons. The van der Waals surface area contributed by atoms with E-state index >= 15 is 0 Å². The summed E-state index contributed by atoms with van der Waals surface area (Å²) in [5, 5.41) is 3.40. The van der Waals surface area contributed by atoms with Crippen molar-refractivity contribution in [2.75, 3.05) is 12.4 Å². The van der Waals surface area contributed by atoms with Gasteiger partial charge in [-0.05, 0) is 53.1 Å². The molecule has 0 fully saturated rings. The number of aromatic nitrogens is 1. The Morgan fingerprint density at radius 1 is 0.833 bits per heavy atom. The molecule has 1 aliphatic heterocycles. The van der Waals surface area contributed by atoms with Crippen LogP contribution in [0.5, 0.6) is 5.75 Å². The second kappa shape index (κ2) is 7.73. The number of thiocarbonyl (C=S) groups is 1. The van der Waals surface area contributed by atoms with E-state index in [0.717, 1.165) is 55.6 Å². The van der Waals surface area contributed by atoms with Gasteiger partial charge in [0.2, 0.25) is 0 Å². The quantitative estimate of drug-likeness (QED) is 0.399. The lowest BCUT2D eigenvalue weighted by Crippen LogP contribution is -2.10. The zero-order valence-electron chi connectivity index (χ0n) is 16.6. The van der Waals surface area contributed by atoms with Gasteiger partial charge in [-0.2, -0.15) is 0 Å². The van der Waals surface area contributed by atoms with E-state index in [1.165, 1.54) is 0 Å². The van der Waals surface area contributed by atoms with Crippen LogP contribution in [-0.4, -0.2) is 17.1 Å². The maximum atomic E-state index is 5.66. The van der Waals surface area contributed by atoms with E-state index in [2.05, 4.69) is 47.8 Å². The number of ether oxygens (including phenoxy) is 1. The lowest BCUT2D eigenvalue weighted by Gasteiger charge is -2.16. The molecule has 0 saturated carbocycles. The fourth-order valence-corrected chi connectivity index (χ4v) is 4.17. The van der Waals surface area contributed by atoms with Gasteiger partial charge in [-0.15, -0.1) is 0 Å². The molecule has 0 bridgehead atoms. The van der Waals surface area contributed by atoms with E-state index in [1.54, 1.807) is 7.11 Å². The summed E-state index contributed by atoms with van der Waals surface area (Å²) in [7, 11) is 1.68. The third kappa shape index (κ3) is 3.36. The molecule has 4 aromatic rings. The minimum atomic E-state index is 0.652. The van der Waals surface area contributed by atoms with E-state index in [4.69, 9.17) is 21.9 Å². The Balaban J connectivity index is 1.80. The summed E-state index contributed by atoms with van der Waals surface area (Å²) < 4.78 is 5.32. The Bertz CT molecular complexity index is 1230. The topological polar surface area (TPSA) is 34.1 Å². The highest BCUT2D eigenvalue weighted by Gasteiger charge is 2.22. The molecule has 30 heavy (non-hydrogen) atoms. The average molecular weight is 409 g/mol. The summed E-state index contributed by atoms with van der Waals surface area (Å²) >= 11 is 5.66. The number of pyridine rings is 1. The summed E-state index contributed by atoms with van der Waals surface area (Å²) in [6, 6.07) is 28.9. The molecule has 2 heterocycles. The second-order valence-corrected chi connectivity index (χ2v) is 7.74. The van der Waals surface area contributed by atoms with Crippen LogP contribution in [0.1, 0.15) is 5.56 Å². The summed E-state index contributed by atoms with van der Waals surface area (Å²) in [4.78, 5) is 5.92. The molecular weight excluding hydrogens is 388 g/mol. The van der Waals surface area contributed by atoms with Gasteiger partial charge in [0.1, 0.15) is 5.75 Å². The number of hydrogen-bond donors (Lipinski definition) is 1. The van der Waals surface area contributed by atoms with Crippen molar-refractivity contribution >= 4 is 22.9 Å². The molecular formula is C26H20N2OS. The standard InChI is InChI=1S/C26H20N2OS/c1-29-19-13-11-18(12-14-19)24-15-21(17-7-3-2-4-8-17)22-16-25(30)27-23-10-6-5-9-20(23)26(22)28-24/h2-15H,16H2,1H3,(H,27,30).